The molecule has 0 radical (unpaired) electrons. The van der Waals surface area contributed by atoms with Crippen LogP contribution in [0.5, 0.6) is 0 Å². The Morgan fingerprint density at radius 3 is 2.62 bits per heavy atom. The van der Waals surface area contributed by atoms with Gasteiger partial charge < -0.3 is 5.32 Å². The van der Waals surface area contributed by atoms with Crippen molar-refractivity contribution in [2.75, 3.05) is 10.6 Å². The topological polar surface area (TPSA) is 29.1 Å². The van der Waals surface area contributed by atoms with Gasteiger partial charge in [-0.2, -0.15) is 0 Å². The van der Waals surface area contributed by atoms with Gasteiger partial charge >= 0.3 is 0 Å². The highest BCUT2D eigenvalue weighted by Crippen LogP contribution is 2.13. The smallest absolute Gasteiger partial charge is 0.224 e. The van der Waals surface area contributed by atoms with Crippen molar-refractivity contribution in [1.29, 1.82) is 0 Å². The maximum Gasteiger partial charge on any atom is 0.224 e. The van der Waals surface area contributed by atoms with Gasteiger partial charge in [0.25, 0.3) is 0 Å². The lowest BCUT2D eigenvalue weighted by atomic mass is 10.2. The minimum atomic E-state index is -0.960. The highest BCUT2D eigenvalue weighted by molar-refractivity contribution is 9.09. The number of carbonyl (C=O) groups is 1. The van der Waals surface area contributed by atoms with Crippen LogP contribution in [0.4, 0.5) is 14.5 Å². The fourth-order valence-electron chi connectivity index (χ4n) is 1.18. The molecule has 0 saturated heterocycles. The predicted molar refractivity (Wildman–Crippen MR) is 62.6 cm³/mol. The third-order valence-electron chi connectivity index (χ3n) is 1.99. The van der Waals surface area contributed by atoms with E-state index in [9.17, 15) is 13.6 Å². The van der Waals surface area contributed by atoms with Gasteiger partial charge in [-0.3, -0.25) is 4.79 Å². The van der Waals surface area contributed by atoms with E-state index in [2.05, 4.69) is 21.2 Å². The van der Waals surface area contributed by atoms with Crippen LogP contribution in [-0.2, 0) is 4.79 Å². The lowest BCUT2D eigenvalue weighted by molar-refractivity contribution is -0.116. The molecular formula is C11H12BrF2NO. The molecule has 1 amide bonds. The summed E-state index contributed by atoms with van der Waals surface area (Å²) in [6.07, 6.45) is 2.05. The zero-order chi connectivity index (χ0) is 12.0. The van der Waals surface area contributed by atoms with Crippen molar-refractivity contribution in [3.8, 4) is 0 Å². The van der Waals surface area contributed by atoms with E-state index in [4.69, 9.17) is 0 Å². The summed E-state index contributed by atoms with van der Waals surface area (Å²) in [5.41, 5.74) is 0.280. The molecule has 5 heteroatoms. The Bertz CT molecular complexity index is 371. The normalized spacial score (nSPS) is 10.2. The third kappa shape index (κ3) is 4.26. The van der Waals surface area contributed by atoms with Gasteiger partial charge in [-0.05, 0) is 25.0 Å². The van der Waals surface area contributed by atoms with Gasteiger partial charge in [0.05, 0.1) is 0 Å². The molecule has 1 rings (SSSR count). The second-order valence-corrected chi connectivity index (χ2v) is 4.12. The summed E-state index contributed by atoms with van der Waals surface area (Å²) in [7, 11) is 0. The summed E-state index contributed by atoms with van der Waals surface area (Å²) in [6, 6.07) is 3.29. The quantitative estimate of drug-likeness (QED) is 0.653. The van der Waals surface area contributed by atoms with E-state index < -0.39 is 11.6 Å². The fourth-order valence-corrected chi connectivity index (χ4v) is 1.57. The molecule has 0 saturated carbocycles. The largest absolute Gasteiger partial charge is 0.326 e. The number of carbonyl (C=O) groups excluding carboxylic acids is 1. The highest BCUT2D eigenvalue weighted by atomic mass is 79.9. The number of nitrogens with one attached hydrogen (secondary N) is 1. The fraction of sp³-hybridized carbons (Fsp3) is 0.364. The van der Waals surface area contributed by atoms with Crippen molar-refractivity contribution in [1.82, 2.24) is 0 Å². The highest BCUT2D eigenvalue weighted by Gasteiger charge is 2.05. The van der Waals surface area contributed by atoms with Crippen LogP contribution in [0, 0.1) is 11.6 Å². The molecule has 1 N–H and O–H groups in total. The lowest BCUT2D eigenvalue weighted by Gasteiger charge is -2.04. The first-order chi connectivity index (χ1) is 7.63. The van der Waals surface area contributed by atoms with Gasteiger partial charge in [-0.1, -0.05) is 15.9 Å². The number of anilines is 1. The number of amides is 1. The van der Waals surface area contributed by atoms with Crippen LogP contribution < -0.4 is 5.32 Å². The average molecular weight is 292 g/mol. The predicted octanol–water partition coefficient (Wildman–Crippen LogP) is 3.47. The molecule has 0 bridgehead atoms. The van der Waals surface area contributed by atoms with Gasteiger partial charge in [-0.25, -0.2) is 8.78 Å². The molecule has 0 aromatic heterocycles. The number of hydrogen-bond acceptors (Lipinski definition) is 1. The molecule has 16 heavy (non-hydrogen) atoms. The first-order valence-corrected chi connectivity index (χ1v) is 6.06. The Hall–Kier alpha value is -0.970. The Labute approximate surface area is 101 Å². The zero-order valence-electron chi connectivity index (χ0n) is 8.60. The summed E-state index contributed by atoms with van der Waals surface area (Å²) in [5.74, 6) is -2.07. The summed E-state index contributed by atoms with van der Waals surface area (Å²) < 4.78 is 25.4. The Morgan fingerprint density at radius 2 is 2.00 bits per heavy atom. The standard InChI is InChI=1S/C11H12BrF2NO/c12-6-2-1-3-11(16)15-8-4-5-9(13)10(14)7-8/h4-5,7H,1-3,6H2,(H,15,16). The number of hydrogen-bond donors (Lipinski definition) is 1. The number of alkyl halides is 1. The minimum Gasteiger partial charge on any atom is -0.326 e. The second-order valence-electron chi connectivity index (χ2n) is 3.32. The van der Waals surface area contributed by atoms with Crippen molar-refractivity contribution >= 4 is 27.5 Å². The van der Waals surface area contributed by atoms with E-state index in [0.29, 0.717) is 6.42 Å². The van der Waals surface area contributed by atoms with E-state index in [1.54, 1.807) is 0 Å². The molecule has 0 aliphatic rings. The first kappa shape index (κ1) is 13.1. The third-order valence-corrected chi connectivity index (χ3v) is 2.55. The van der Waals surface area contributed by atoms with E-state index in [1.807, 2.05) is 0 Å². The molecule has 0 fully saturated rings. The van der Waals surface area contributed by atoms with Gasteiger partial charge in [-0.15, -0.1) is 0 Å². The Balaban J connectivity index is 2.46. The Morgan fingerprint density at radius 1 is 1.25 bits per heavy atom. The maximum atomic E-state index is 12.8. The molecule has 88 valence electrons. The van der Waals surface area contributed by atoms with Gasteiger partial charge in [0.15, 0.2) is 11.6 Å². The summed E-state index contributed by atoms with van der Waals surface area (Å²) >= 11 is 3.26. The molecular weight excluding hydrogens is 280 g/mol. The lowest BCUT2D eigenvalue weighted by Crippen LogP contribution is -2.11. The van der Waals surface area contributed by atoms with Crippen molar-refractivity contribution in [3.05, 3.63) is 29.8 Å². The first-order valence-electron chi connectivity index (χ1n) is 4.94. The van der Waals surface area contributed by atoms with E-state index in [0.717, 1.165) is 30.3 Å². The van der Waals surface area contributed by atoms with Crippen LogP contribution in [-0.4, -0.2) is 11.2 Å². The van der Waals surface area contributed by atoms with Crippen molar-refractivity contribution < 1.29 is 13.6 Å². The van der Waals surface area contributed by atoms with Crippen LogP contribution in [0.2, 0.25) is 0 Å². The van der Waals surface area contributed by atoms with Crippen LogP contribution in [0.1, 0.15) is 19.3 Å². The molecule has 1 aromatic rings. The second kappa shape index (κ2) is 6.58. The summed E-state index contributed by atoms with van der Waals surface area (Å²) in [6.45, 7) is 0. The monoisotopic (exact) mass is 291 g/mol. The zero-order valence-corrected chi connectivity index (χ0v) is 10.2. The Kier molecular flexibility index (Phi) is 5.38. The summed E-state index contributed by atoms with van der Waals surface area (Å²) in [4.78, 5) is 11.3. The van der Waals surface area contributed by atoms with E-state index in [1.165, 1.54) is 6.07 Å². The number of unbranched alkanes of at least 4 members (excludes halogenated alkanes) is 1. The molecule has 2 nitrogen and oxygen atoms in total. The molecule has 0 atom stereocenters. The molecule has 0 aliphatic carbocycles. The van der Waals surface area contributed by atoms with Crippen LogP contribution in [0.3, 0.4) is 0 Å². The SMILES string of the molecule is O=C(CCCCBr)Nc1ccc(F)c(F)c1. The number of halogens is 3. The minimum absolute atomic E-state index is 0.188. The molecule has 0 spiro atoms. The molecule has 1 aromatic carbocycles. The molecule has 0 heterocycles. The summed E-state index contributed by atoms with van der Waals surface area (Å²) in [5, 5.41) is 3.36. The van der Waals surface area contributed by atoms with Crippen LogP contribution in [0.25, 0.3) is 0 Å². The van der Waals surface area contributed by atoms with Crippen molar-refractivity contribution in [3.63, 3.8) is 0 Å². The molecule has 0 aliphatic heterocycles. The van der Waals surface area contributed by atoms with E-state index >= 15 is 0 Å². The van der Waals surface area contributed by atoms with Gasteiger partial charge in [0, 0.05) is 23.5 Å². The van der Waals surface area contributed by atoms with Crippen LogP contribution in [0.15, 0.2) is 18.2 Å². The number of rotatable bonds is 5. The average Bonchev–Trinajstić information content (AvgIpc) is 2.24. The van der Waals surface area contributed by atoms with Gasteiger partial charge in [0.1, 0.15) is 0 Å². The van der Waals surface area contributed by atoms with Gasteiger partial charge in [0.2, 0.25) is 5.91 Å². The van der Waals surface area contributed by atoms with E-state index in [-0.39, 0.29) is 11.6 Å². The number of benzene rings is 1. The maximum absolute atomic E-state index is 12.8. The van der Waals surface area contributed by atoms with Crippen molar-refractivity contribution in [2.24, 2.45) is 0 Å². The molecule has 0 unspecified atom stereocenters. The van der Waals surface area contributed by atoms with Crippen LogP contribution >= 0.6 is 15.9 Å². The van der Waals surface area contributed by atoms with Crippen molar-refractivity contribution in [2.45, 2.75) is 19.3 Å².